The van der Waals surface area contributed by atoms with Gasteiger partial charge in [0.15, 0.2) is 0 Å². The minimum absolute atomic E-state index is 0.113. The van der Waals surface area contributed by atoms with E-state index in [0.717, 1.165) is 16.5 Å². The van der Waals surface area contributed by atoms with Crippen LogP contribution >= 0.6 is 0 Å². The maximum atomic E-state index is 10.9. The summed E-state index contributed by atoms with van der Waals surface area (Å²) in [7, 11) is 1.96. The quantitative estimate of drug-likeness (QED) is 0.455. The Bertz CT molecular complexity index is 869. The van der Waals surface area contributed by atoms with Gasteiger partial charge in [0.2, 0.25) is 5.82 Å². The van der Waals surface area contributed by atoms with Crippen LogP contribution in [0.25, 0.3) is 10.9 Å². The number of hydrazone groups is 1. The lowest BCUT2D eigenvalue weighted by Gasteiger charge is -1.99. The van der Waals surface area contributed by atoms with Crippen molar-refractivity contribution in [2.24, 2.45) is 12.1 Å². The molecule has 3 aromatic rings. The molecule has 0 aliphatic carbocycles. The van der Waals surface area contributed by atoms with Crippen molar-refractivity contribution in [1.82, 2.24) is 9.55 Å². The SMILES string of the molecule is Cn1cc(/C=N\Nc2ncccc2[N+](=O)[O-])c2ccccc21. The summed E-state index contributed by atoms with van der Waals surface area (Å²) >= 11 is 0. The number of nitrogens with one attached hydrogen (secondary N) is 1. The van der Waals surface area contributed by atoms with Crippen LogP contribution in [-0.2, 0) is 7.05 Å². The van der Waals surface area contributed by atoms with Gasteiger partial charge in [-0.2, -0.15) is 5.10 Å². The fraction of sp³-hybridized carbons (Fsp3) is 0.0667. The summed E-state index contributed by atoms with van der Waals surface area (Å²) < 4.78 is 2.00. The summed E-state index contributed by atoms with van der Waals surface area (Å²) in [5.41, 5.74) is 4.52. The smallest absolute Gasteiger partial charge is 0.313 e. The Morgan fingerprint density at radius 1 is 1.32 bits per heavy atom. The number of rotatable bonds is 4. The van der Waals surface area contributed by atoms with Crippen LogP contribution in [0, 0.1) is 10.1 Å². The molecule has 1 N–H and O–H groups in total. The molecular formula is C15H13N5O2. The van der Waals surface area contributed by atoms with E-state index in [9.17, 15) is 10.1 Å². The van der Waals surface area contributed by atoms with Crippen molar-refractivity contribution in [2.75, 3.05) is 5.43 Å². The molecule has 0 aliphatic rings. The summed E-state index contributed by atoms with van der Waals surface area (Å²) in [5, 5.41) is 16.0. The lowest BCUT2D eigenvalue weighted by atomic mass is 10.2. The first-order valence-electron chi connectivity index (χ1n) is 6.59. The van der Waals surface area contributed by atoms with E-state index < -0.39 is 4.92 Å². The molecule has 22 heavy (non-hydrogen) atoms. The van der Waals surface area contributed by atoms with Gasteiger partial charge in [-0.25, -0.2) is 4.98 Å². The number of anilines is 1. The number of para-hydroxylation sites is 1. The van der Waals surface area contributed by atoms with Crippen molar-refractivity contribution >= 4 is 28.6 Å². The lowest BCUT2D eigenvalue weighted by molar-refractivity contribution is -0.384. The molecule has 2 aromatic heterocycles. The molecule has 0 spiro atoms. The van der Waals surface area contributed by atoms with Crippen molar-refractivity contribution in [3.63, 3.8) is 0 Å². The normalized spacial score (nSPS) is 11.1. The molecule has 7 heteroatoms. The van der Waals surface area contributed by atoms with Crippen molar-refractivity contribution in [3.05, 3.63) is 64.5 Å². The second-order valence-electron chi connectivity index (χ2n) is 4.71. The summed E-state index contributed by atoms with van der Waals surface area (Å²) in [5.74, 6) is 0.115. The second kappa shape index (κ2) is 5.65. The Kier molecular flexibility index (Phi) is 3.53. The number of hydrogen-bond donors (Lipinski definition) is 1. The zero-order valence-electron chi connectivity index (χ0n) is 11.8. The van der Waals surface area contributed by atoms with Crippen LogP contribution in [0.2, 0.25) is 0 Å². The molecule has 0 unspecified atom stereocenters. The van der Waals surface area contributed by atoms with Crippen LogP contribution in [-0.4, -0.2) is 20.7 Å². The van der Waals surface area contributed by atoms with Crippen LogP contribution in [0.5, 0.6) is 0 Å². The van der Waals surface area contributed by atoms with Gasteiger partial charge in [-0.15, -0.1) is 0 Å². The van der Waals surface area contributed by atoms with Crippen molar-refractivity contribution in [3.8, 4) is 0 Å². The van der Waals surface area contributed by atoms with Gasteiger partial charge in [0.25, 0.3) is 0 Å². The van der Waals surface area contributed by atoms with Crippen LogP contribution in [0.1, 0.15) is 5.56 Å². The van der Waals surface area contributed by atoms with Gasteiger partial charge >= 0.3 is 5.69 Å². The van der Waals surface area contributed by atoms with Crippen LogP contribution in [0.15, 0.2) is 53.9 Å². The molecule has 0 saturated carbocycles. The second-order valence-corrected chi connectivity index (χ2v) is 4.71. The highest BCUT2D eigenvalue weighted by atomic mass is 16.6. The Hall–Kier alpha value is -3.22. The molecule has 0 radical (unpaired) electrons. The van der Waals surface area contributed by atoms with E-state index in [1.807, 2.05) is 42.1 Å². The maximum Gasteiger partial charge on any atom is 0.313 e. The lowest BCUT2D eigenvalue weighted by Crippen LogP contribution is -1.98. The third-order valence-corrected chi connectivity index (χ3v) is 3.28. The van der Waals surface area contributed by atoms with Gasteiger partial charge < -0.3 is 4.57 Å². The van der Waals surface area contributed by atoms with E-state index in [-0.39, 0.29) is 11.5 Å². The Labute approximate surface area is 126 Å². The number of nitrogens with zero attached hydrogens (tertiary/aromatic N) is 4. The molecule has 0 fully saturated rings. The number of aromatic nitrogens is 2. The van der Waals surface area contributed by atoms with Crippen LogP contribution < -0.4 is 5.43 Å². The summed E-state index contributed by atoms with van der Waals surface area (Å²) in [4.78, 5) is 14.3. The molecule has 2 heterocycles. The van der Waals surface area contributed by atoms with Gasteiger partial charge in [-0.1, -0.05) is 18.2 Å². The maximum absolute atomic E-state index is 10.9. The zero-order chi connectivity index (χ0) is 15.5. The molecule has 3 rings (SSSR count). The average Bonchev–Trinajstić information content (AvgIpc) is 2.85. The number of aryl methyl sites for hydroxylation is 1. The van der Waals surface area contributed by atoms with E-state index in [2.05, 4.69) is 15.5 Å². The first kappa shape index (κ1) is 13.7. The third-order valence-electron chi connectivity index (χ3n) is 3.28. The van der Waals surface area contributed by atoms with Gasteiger partial charge in [-0.3, -0.25) is 15.5 Å². The number of hydrogen-bond acceptors (Lipinski definition) is 5. The van der Waals surface area contributed by atoms with Crippen molar-refractivity contribution in [2.45, 2.75) is 0 Å². The monoisotopic (exact) mass is 295 g/mol. The third kappa shape index (κ3) is 2.51. The molecule has 0 amide bonds. The molecule has 110 valence electrons. The standard InChI is InChI=1S/C15H13N5O2/c1-19-10-11(12-5-2-3-6-13(12)19)9-17-18-15-14(20(21)22)7-4-8-16-15/h2-10H,1H3,(H,16,18)/b17-9-. The molecule has 7 nitrogen and oxygen atoms in total. The fourth-order valence-corrected chi connectivity index (χ4v) is 2.27. The van der Waals surface area contributed by atoms with Crippen LogP contribution in [0.3, 0.4) is 0 Å². The predicted molar refractivity (Wildman–Crippen MR) is 85.0 cm³/mol. The van der Waals surface area contributed by atoms with E-state index in [4.69, 9.17) is 0 Å². The minimum atomic E-state index is -0.497. The summed E-state index contributed by atoms with van der Waals surface area (Å²) in [6.07, 6.45) is 5.05. The van der Waals surface area contributed by atoms with Gasteiger partial charge in [-0.05, 0) is 12.1 Å². The predicted octanol–water partition coefficient (Wildman–Crippen LogP) is 2.93. The molecule has 0 saturated heterocycles. The zero-order valence-corrected chi connectivity index (χ0v) is 11.8. The Morgan fingerprint density at radius 2 is 2.14 bits per heavy atom. The molecular weight excluding hydrogens is 282 g/mol. The van der Waals surface area contributed by atoms with Gasteiger partial charge in [0, 0.05) is 42.0 Å². The van der Waals surface area contributed by atoms with E-state index in [0.29, 0.717) is 0 Å². The van der Waals surface area contributed by atoms with Gasteiger partial charge in [0.05, 0.1) is 11.1 Å². The molecule has 0 aliphatic heterocycles. The number of pyridine rings is 1. The number of nitro groups is 1. The van der Waals surface area contributed by atoms with Crippen molar-refractivity contribution < 1.29 is 4.92 Å². The summed E-state index contributed by atoms with van der Waals surface area (Å²) in [6, 6.07) is 10.8. The Balaban J connectivity index is 1.87. The van der Waals surface area contributed by atoms with E-state index >= 15 is 0 Å². The van der Waals surface area contributed by atoms with E-state index in [1.54, 1.807) is 6.21 Å². The van der Waals surface area contributed by atoms with Crippen molar-refractivity contribution in [1.29, 1.82) is 0 Å². The molecule has 0 atom stereocenters. The molecule has 1 aromatic carbocycles. The minimum Gasteiger partial charge on any atom is -0.350 e. The highest BCUT2D eigenvalue weighted by Gasteiger charge is 2.13. The van der Waals surface area contributed by atoms with E-state index in [1.165, 1.54) is 18.3 Å². The fourth-order valence-electron chi connectivity index (χ4n) is 2.27. The summed E-state index contributed by atoms with van der Waals surface area (Å²) in [6.45, 7) is 0. The number of benzene rings is 1. The highest BCUT2D eigenvalue weighted by Crippen LogP contribution is 2.21. The Morgan fingerprint density at radius 3 is 2.95 bits per heavy atom. The first-order chi connectivity index (χ1) is 10.7. The van der Waals surface area contributed by atoms with Crippen LogP contribution in [0.4, 0.5) is 11.5 Å². The first-order valence-corrected chi connectivity index (χ1v) is 6.59. The largest absolute Gasteiger partial charge is 0.350 e. The van der Waals surface area contributed by atoms with Gasteiger partial charge in [0.1, 0.15) is 0 Å². The number of fused-ring (bicyclic) bond motifs is 1. The average molecular weight is 295 g/mol. The highest BCUT2D eigenvalue weighted by molar-refractivity contribution is 5.99. The topological polar surface area (TPSA) is 85.3 Å². The molecule has 0 bridgehead atoms.